The molecule has 3 N–H and O–H groups in total. The van der Waals surface area contributed by atoms with Crippen LogP contribution in [-0.4, -0.2) is 39.4 Å². The van der Waals surface area contributed by atoms with Crippen molar-refractivity contribution in [3.8, 4) is 17.3 Å². The van der Waals surface area contributed by atoms with Crippen molar-refractivity contribution in [2.24, 2.45) is 0 Å². The lowest BCUT2D eigenvalue weighted by molar-refractivity contribution is -0.308. The minimum absolute atomic E-state index is 0.0946. The highest BCUT2D eigenvalue weighted by molar-refractivity contribution is 6.31. The van der Waals surface area contributed by atoms with E-state index in [9.17, 15) is 29.3 Å². The molecule has 204 valence electrons. The summed E-state index contributed by atoms with van der Waals surface area (Å²) in [6.07, 6.45) is 5.39. The first-order chi connectivity index (χ1) is 18.1. The average Bonchev–Trinajstić information content (AvgIpc) is 2.82. The predicted molar refractivity (Wildman–Crippen MR) is 139 cm³/mol. The van der Waals surface area contributed by atoms with Gasteiger partial charge in [0, 0.05) is 42.6 Å². The molecule has 0 atom stereocenters. The molecule has 4 aromatic rings. The molecule has 0 aliphatic carbocycles. The Labute approximate surface area is 226 Å². The van der Waals surface area contributed by atoms with Crippen molar-refractivity contribution < 1.29 is 24.4 Å². The predicted octanol–water partition coefficient (Wildman–Crippen LogP) is 2.29. The molecule has 0 unspecified atom stereocenters. The molecular formula is C26H25ClFN5O6. The fourth-order valence-corrected chi connectivity index (χ4v) is 4.09. The van der Waals surface area contributed by atoms with Crippen LogP contribution in [0.5, 0.6) is 5.75 Å². The normalized spacial score (nSPS) is 12.1. The van der Waals surface area contributed by atoms with Crippen LogP contribution >= 0.6 is 11.6 Å². The van der Waals surface area contributed by atoms with Crippen molar-refractivity contribution in [3.63, 3.8) is 0 Å². The standard InChI is InChI=1S/C26H25ClFN5O6/c1-13-8-16(28)21(31-11-13)26(37,38)39-18-9-15(3)33(23(34)20(18)27)17-10-19(30-12-14(17)2)32-7-6-29-22(24(32)35)25(4,5)36/h6-12,36-38H,1-5H3. The van der Waals surface area contributed by atoms with Gasteiger partial charge in [-0.25, -0.2) is 14.4 Å². The molecule has 11 nitrogen and oxygen atoms in total. The topological polar surface area (TPSA) is 153 Å². The highest BCUT2D eigenvalue weighted by atomic mass is 35.5. The molecule has 0 aromatic carbocycles. The second-order valence-corrected chi connectivity index (χ2v) is 9.87. The maximum absolute atomic E-state index is 14.3. The van der Waals surface area contributed by atoms with Crippen molar-refractivity contribution >= 4 is 11.6 Å². The highest BCUT2D eigenvalue weighted by Crippen LogP contribution is 2.30. The molecule has 0 fully saturated rings. The first-order valence-corrected chi connectivity index (χ1v) is 12.0. The van der Waals surface area contributed by atoms with Gasteiger partial charge < -0.3 is 20.1 Å². The van der Waals surface area contributed by atoms with Gasteiger partial charge in [-0.1, -0.05) is 11.6 Å². The van der Waals surface area contributed by atoms with Crippen LogP contribution in [-0.2, 0) is 11.6 Å². The summed E-state index contributed by atoms with van der Waals surface area (Å²) in [6.45, 7) is 7.66. The Hall–Kier alpha value is -3.97. The van der Waals surface area contributed by atoms with Gasteiger partial charge >= 0.3 is 5.97 Å². The zero-order chi connectivity index (χ0) is 28.9. The molecule has 39 heavy (non-hydrogen) atoms. The molecule has 0 radical (unpaired) electrons. The lowest BCUT2D eigenvalue weighted by Crippen LogP contribution is -2.35. The van der Waals surface area contributed by atoms with Gasteiger partial charge in [-0.2, -0.15) is 0 Å². The minimum atomic E-state index is -3.23. The Bertz CT molecular complexity index is 1710. The number of aliphatic hydroxyl groups is 3. The lowest BCUT2D eigenvalue weighted by atomic mass is 10.1. The lowest BCUT2D eigenvalue weighted by Gasteiger charge is -2.24. The second-order valence-electron chi connectivity index (χ2n) is 9.50. The summed E-state index contributed by atoms with van der Waals surface area (Å²) in [5.74, 6) is -4.54. The van der Waals surface area contributed by atoms with Crippen molar-refractivity contribution in [3.05, 3.63) is 103 Å². The zero-order valence-corrected chi connectivity index (χ0v) is 22.4. The summed E-state index contributed by atoms with van der Waals surface area (Å²) in [6, 6.07) is 3.78. The molecule has 13 heteroatoms. The van der Waals surface area contributed by atoms with Crippen LogP contribution in [0.15, 0.2) is 52.6 Å². The van der Waals surface area contributed by atoms with E-state index in [2.05, 4.69) is 15.0 Å². The largest absolute Gasteiger partial charge is 0.433 e. The van der Waals surface area contributed by atoms with Crippen LogP contribution in [0.1, 0.15) is 42.1 Å². The Morgan fingerprint density at radius 2 is 1.64 bits per heavy atom. The van der Waals surface area contributed by atoms with Gasteiger partial charge in [0.2, 0.25) is 0 Å². The molecule has 4 aromatic heterocycles. The van der Waals surface area contributed by atoms with E-state index in [0.717, 1.165) is 6.07 Å². The number of rotatable bonds is 6. The smallest absolute Gasteiger partial charge is 0.372 e. The van der Waals surface area contributed by atoms with Crippen LogP contribution in [0, 0.1) is 26.6 Å². The number of aryl methyl sites for hydroxylation is 3. The molecule has 0 aliphatic heterocycles. The number of nitrogens with zero attached hydrogens (tertiary/aromatic N) is 5. The fourth-order valence-electron chi connectivity index (χ4n) is 3.92. The van der Waals surface area contributed by atoms with Crippen LogP contribution in [0.2, 0.25) is 5.02 Å². The van der Waals surface area contributed by atoms with Crippen LogP contribution in [0.25, 0.3) is 11.5 Å². The van der Waals surface area contributed by atoms with E-state index in [0.29, 0.717) is 16.8 Å². The molecule has 0 amide bonds. The maximum atomic E-state index is 14.3. The monoisotopic (exact) mass is 557 g/mol. The molecular weight excluding hydrogens is 533 g/mol. The third-order valence-electron chi connectivity index (χ3n) is 5.81. The minimum Gasteiger partial charge on any atom is -0.433 e. The van der Waals surface area contributed by atoms with Crippen molar-refractivity contribution in [2.75, 3.05) is 0 Å². The Morgan fingerprint density at radius 1 is 0.949 bits per heavy atom. The molecule has 0 aliphatic rings. The van der Waals surface area contributed by atoms with Crippen molar-refractivity contribution in [2.45, 2.75) is 46.2 Å². The molecule has 0 bridgehead atoms. The molecule has 0 saturated heterocycles. The number of hydrogen-bond acceptors (Lipinski definition) is 9. The van der Waals surface area contributed by atoms with Gasteiger partial charge in [0.25, 0.3) is 11.1 Å². The third kappa shape index (κ3) is 5.32. The van der Waals surface area contributed by atoms with E-state index in [1.165, 1.54) is 66.8 Å². The van der Waals surface area contributed by atoms with Crippen molar-refractivity contribution in [1.82, 2.24) is 24.1 Å². The van der Waals surface area contributed by atoms with Gasteiger partial charge in [0.15, 0.2) is 17.3 Å². The molecule has 0 spiro atoms. The van der Waals surface area contributed by atoms with E-state index < -0.39 is 45.0 Å². The molecule has 4 heterocycles. The number of aromatic nitrogens is 5. The summed E-state index contributed by atoms with van der Waals surface area (Å²) in [4.78, 5) is 38.3. The Morgan fingerprint density at radius 3 is 2.28 bits per heavy atom. The summed E-state index contributed by atoms with van der Waals surface area (Å²) < 4.78 is 21.9. The molecule has 4 rings (SSSR count). The van der Waals surface area contributed by atoms with Gasteiger partial charge in [-0.15, -0.1) is 0 Å². The quantitative estimate of drug-likeness (QED) is 0.303. The van der Waals surface area contributed by atoms with Crippen molar-refractivity contribution in [1.29, 1.82) is 0 Å². The van der Waals surface area contributed by atoms with Gasteiger partial charge in [-0.05, 0) is 51.8 Å². The van der Waals surface area contributed by atoms with Gasteiger partial charge in [0.05, 0.1) is 5.69 Å². The summed E-state index contributed by atoms with van der Waals surface area (Å²) in [7, 11) is 0. The second kappa shape index (κ2) is 9.97. The summed E-state index contributed by atoms with van der Waals surface area (Å²) >= 11 is 6.28. The maximum Gasteiger partial charge on any atom is 0.372 e. The number of halogens is 2. The van der Waals surface area contributed by atoms with E-state index in [-0.39, 0.29) is 17.2 Å². The Balaban J connectivity index is 1.81. The first-order valence-electron chi connectivity index (χ1n) is 11.6. The highest BCUT2D eigenvalue weighted by Gasteiger charge is 2.36. The SMILES string of the molecule is Cc1cnc(C(O)(O)Oc2cc(C)n(-c3cc(-n4ccnc(C(C)(C)O)c4=O)ncc3C)c(=O)c2Cl)c(F)c1. The van der Waals surface area contributed by atoms with E-state index in [1.54, 1.807) is 13.8 Å². The van der Waals surface area contributed by atoms with E-state index in [1.807, 2.05) is 0 Å². The summed E-state index contributed by atoms with van der Waals surface area (Å²) in [5, 5.41) is 30.6. The van der Waals surface area contributed by atoms with Crippen LogP contribution in [0.3, 0.4) is 0 Å². The first kappa shape index (κ1) is 28.0. The van der Waals surface area contributed by atoms with Crippen LogP contribution < -0.4 is 15.9 Å². The zero-order valence-electron chi connectivity index (χ0n) is 21.6. The number of hydrogen-bond donors (Lipinski definition) is 3. The Kier molecular flexibility index (Phi) is 7.17. The van der Waals surface area contributed by atoms with Gasteiger partial charge in [0.1, 0.15) is 22.1 Å². The molecule has 0 saturated carbocycles. The van der Waals surface area contributed by atoms with Crippen LogP contribution in [0.4, 0.5) is 4.39 Å². The fraction of sp³-hybridized carbons (Fsp3) is 0.269. The van der Waals surface area contributed by atoms with E-state index >= 15 is 0 Å². The number of pyridine rings is 3. The average molecular weight is 558 g/mol. The summed E-state index contributed by atoms with van der Waals surface area (Å²) in [5.41, 5.74) is -2.24. The number of ether oxygens (including phenoxy) is 1. The van der Waals surface area contributed by atoms with E-state index in [4.69, 9.17) is 16.3 Å². The third-order valence-corrected chi connectivity index (χ3v) is 6.15. The van der Waals surface area contributed by atoms with Gasteiger partial charge in [-0.3, -0.25) is 23.7 Å².